The van der Waals surface area contributed by atoms with E-state index in [2.05, 4.69) is 15.6 Å². The number of aryl methyl sites for hydroxylation is 1. The van der Waals surface area contributed by atoms with Crippen molar-refractivity contribution in [3.63, 3.8) is 0 Å². The van der Waals surface area contributed by atoms with Crippen molar-refractivity contribution in [2.45, 2.75) is 20.5 Å². The monoisotopic (exact) mass is 367 g/mol. The average molecular weight is 368 g/mol. The minimum absolute atomic E-state index is 0.125. The lowest BCUT2D eigenvalue weighted by atomic mass is 10.3. The lowest BCUT2D eigenvalue weighted by Gasteiger charge is -2.04. The summed E-state index contributed by atoms with van der Waals surface area (Å²) in [4.78, 5) is 27.8. The van der Waals surface area contributed by atoms with Gasteiger partial charge in [-0.2, -0.15) is 0 Å². The van der Waals surface area contributed by atoms with Crippen LogP contribution < -0.4 is 15.4 Å². The van der Waals surface area contributed by atoms with Gasteiger partial charge in [0.25, 0.3) is 5.91 Å². The van der Waals surface area contributed by atoms with E-state index in [4.69, 9.17) is 16.3 Å². The predicted octanol–water partition coefficient (Wildman–Crippen LogP) is 2.55. The van der Waals surface area contributed by atoms with E-state index in [9.17, 15) is 9.59 Å². The summed E-state index contributed by atoms with van der Waals surface area (Å²) in [5.74, 6) is 0.363. The number of ether oxygens (including phenoxy) is 1. The molecule has 0 bridgehead atoms. The topological polar surface area (TPSA) is 80.3 Å². The molecular weight excluding hydrogens is 350 g/mol. The SMILES string of the molecule is CC(=O)NCCNC(=O)c1sc(COc2ccc(Cl)cc2)nc1C. The molecule has 24 heavy (non-hydrogen) atoms. The third-order valence-corrected chi connectivity index (χ3v) is 4.39. The summed E-state index contributed by atoms with van der Waals surface area (Å²) in [6.07, 6.45) is 0. The molecule has 2 rings (SSSR count). The smallest absolute Gasteiger partial charge is 0.263 e. The minimum atomic E-state index is -0.201. The Labute approximate surface area is 149 Å². The molecule has 0 aliphatic rings. The summed E-state index contributed by atoms with van der Waals surface area (Å²) < 4.78 is 5.63. The van der Waals surface area contributed by atoms with Gasteiger partial charge in [0, 0.05) is 25.0 Å². The van der Waals surface area contributed by atoms with E-state index < -0.39 is 0 Å². The van der Waals surface area contributed by atoms with E-state index in [0.29, 0.717) is 34.4 Å². The van der Waals surface area contributed by atoms with Gasteiger partial charge in [-0.3, -0.25) is 9.59 Å². The minimum Gasteiger partial charge on any atom is -0.486 e. The number of aromatic nitrogens is 1. The summed E-state index contributed by atoms with van der Waals surface area (Å²) in [5.41, 5.74) is 0.659. The number of carbonyl (C=O) groups is 2. The van der Waals surface area contributed by atoms with Gasteiger partial charge in [-0.15, -0.1) is 11.3 Å². The number of nitrogens with one attached hydrogen (secondary N) is 2. The van der Waals surface area contributed by atoms with Gasteiger partial charge in [-0.25, -0.2) is 4.98 Å². The Kier molecular flexibility index (Phi) is 6.57. The van der Waals surface area contributed by atoms with E-state index in [1.807, 2.05) is 0 Å². The highest BCUT2D eigenvalue weighted by Gasteiger charge is 2.15. The molecule has 0 aliphatic carbocycles. The molecule has 2 aromatic rings. The van der Waals surface area contributed by atoms with E-state index in [0.717, 1.165) is 5.01 Å². The van der Waals surface area contributed by atoms with Gasteiger partial charge in [-0.1, -0.05) is 11.6 Å². The lowest BCUT2D eigenvalue weighted by molar-refractivity contribution is -0.118. The maximum atomic E-state index is 12.1. The van der Waals surface area contributed by atoms with Crippen molar-refractivity contribution in [2.24, 2.45) is 0 Å². The second-order valence-electron chi connectivity index (χ2n) is 5.00. The van der Waals surface area contributed by atoms with Crippen molar-refractivity contribution < 1.29 is 14.3 Å². The van der Waals surface area contributed by atoms with E-state index in [-0.39, 0.29) is 18.4 Å². The third kappa shape index (κ3) is 5.50. The summed E-state index contributed by atoms with van der Waals surface area (Å²) in [6, 6.07) is 7.05. The largest absolute Gasteiger partial charge is 0.486 e. The normalized spacial score (nSPS) is 10.3. The fourth-order valence-corrected chi connectivity index (χ4v) is 2.92. The fraction of sp³-hybridized carbons (Fsp3) is 0.312. The molecule has 0 fully saturated rings. The number of amides is 2. The Morgan fingerprint density at radius 1 is 1.21 bits per heavy atom. The predicted molar refractivity (Wildman–Crippen MR) is 93.7 cm³/mol. The van der Waals surface area contributed by atoms with Gasteiger partial charge in [0.15, 0.2) is 0 Å². The first kappa shape index (κ1) is 18.2. The van der Waals surface area contributed by atoms with Gasteiger partial charge in [0.2, 0.25) is 5.91 Å². The molecule has 0 saturated heterocycles. The molecule has 0 radical (unpaired) electrons. The highest BCUT2D eigenvalue weighted by Crippen LogP contribution is 2.21. The van der Waals surface area contributed by atoms with E-state index in [1.54, 1.807) is 31.2 Å². The zero-order valence-corrected chi connectivity index (χ0v) is 15.0. The molecule has 1 aromatic heterocycles. The second-order valence-corrected chi connectivity index (χ2v) is 6.52. The number of carbonyl (C=O) groups excluding carboxylic acids is 2. The molecule has 8 heteroatoms. The van der Waals surface area contributed by atoms with Crippen molar-refractivity contribution in [1.82, 2.24) is 15.6 Å². The number of halogens is 1. The summed E-state index contributed by atoms with van der Waals surface area (Å²) in [7, 11) is 0. The van der Waals surface area contributed by atoms with Crippen LogP contribution in [-0.4, -0.2) is 29.9 Å². The van der Waals surface area contributed by atoms with Crippen molar-refractivity contribution in [3.05, 3.63) is 44.9 Å². The van der Waals surface area contributed by atoms with Gasteiger partial charge in [0.05, 0.1) is 5.69 Å². The molecule has 0 saturated carbocycles. The fourth-order valence-electron chi connectivity index (χ4n) is 1.90. The molecule has 0 aliphatic heterocycles. The van der Waals surface area contributed by atoms with Crippen molar-refractivity contribution in [2.75, 3.05) is 13.1 Å². The van der Waals surface area contributed by atoms with Crippen LogP contribution >= 0.6 is 22.9 Å². The first-order chi connectivity index (χ1) is 11.5. The standard InChI is InChI=1S/C16H18ClN3O3S/c1-10-15(16(22)19-8-7-18-11(2)21)24-14(20-10)9-23-13-5-3-12(17)4-6-13/h3-6H,7-9H2,1-2H3,(H,18,21)(H,19,22). The zero-order chi connectivity index (χ0) is 17.5. The highest BCUT2D eigenvalue weighted by atomic mass is 35.5. The molecule has 2 N–H and O–H groups in total. The molecule has 6 nitrogen and oxygen atoms in total. The van der Waals surface area contributed by atoms with Gasteiger partial charge in [-0.05, 0) is 31.2 Å². The molecule has 1 aromatic carbocycles. The maximum absolute atomic E-state index is 12.1. The molecule has 2 amide bonds. The first-order valence-electron chi connectivity index (χ1n) is 7.33. The Balaban J connectivity index is 1.88. The van der Waals surface area contributed by atoms with Crippen LogP contribution in [0.5, 0.6) is 5.75 Å². The van der Waals surface area contributed by atoms with Crippen molar-refractivity contribution >= 4 is 34.8 Å². The van der Waals surface area contributed by atoms with Crippen LogP contribution in [-0.2, 0) is 11.4 Å². The van der Waals surface area contributed by atoms with Crippen LogP contribution in [0.4, 0.5) is 0 Å². The van der Waals surface area contributed by atoms with Gasteiger partial charge >= 0.3 is 0 Å². The highest BCUT2D eigenvalue weighted by molar-refractivity contribution is 7.13. The number of benzene rings is 1. The number of hydrogen-bond donors (Lipinski definition) is 2. The summed E-state index contributed by atoms with van der Waals surface area (Å²) in [6.45, 7) is 4.26. The summed E-state index contributed by atoms with van der Waals surface area (Å²) >= 11 is 7.12. The number of rotatable bonds is 7. The van der Waals surface area contributed by atoms with E-state index in [1.165, 1.54) is 18.3 Å². The Morgan fingerprint density at radius 3 is 2.54 bits per heavy atom. The molecule has 128 valence electrons. The molecular formula is C16H18ClN3O3S. The zero-order valence-electron chi connectivity index (χ0n) is 13.4. The van der Waals surface area contributed by atoms with Crippen molar-refractivity contribution in [3.8, 4) is 5.75 Å². The third-order valence-electron chi connectivity index (χ3n) is 3.01. The molecule has 0 atom stereocenters. The van der Waals surface area contributed by atoms with Crippen LogP contribution in [0.2, 0.25) is 5.02 Å². The molecule has 1 heterocycles. The second kappa shape index (κ2) is 8.65. The first-order valence-corrected chi connectivity index (χ1v) is 8.52. The van der Waals surface area contributed by atoms with E-state index >= 15 is 0 Å². The number of nitrogens with zero attached hydrogens (tertiary/aromatic N) is 1. The number of thiazole rings is 1. The van der Waals surface area contributed by atoms with Gasteiger partial charge in [0.1, 0.15) is 22.2 Å². The maximum Gasteiger partial charge on any atom is 0.263 e. The van der Waals surface area contributed by atoms with Crippen LogP contribution in [0, 0.1) is 6.92 Å². The summed E-state index contributed by atoms with van der Waals surface area (Å²) in [5, 5.41) is 6.73. The van der Waals surface area contributed by atoms with Crippen LogP contribution in [0.25, 0.3) is 0 Å². The quantitative estimate of drug-likeness (QED) is 0.737. The Bertz CT molecular complexity index is 716. The van der Waals surface area contributed by atoms with Gasteiger partial charge < -0.3 is 15.4 Å². The van der Waals surface area contributed by atoms with Crippen LogP contribution in [0.3, 0.4) is 0 Å². The Hall–Kier alpha value is -2.12. The molecule has 0 spiro atoms. The molecule has 0 unspecified atom stereocenters. The lowest BCUT2D eigenvalue weighted by Crippen LogP contribution is -2.33. The Morgan fingerprint density at radius 2 is 1.88 bits per heavy atom. The average Bonchev–Trinajstić information content (AvgIpc) is 2.92. The number of hydrogen-bond acceptors (Lipinski definition) is 5. The van der Waals surface area contributed by atoms with Crippen LogP contribution in [0.1, 0.15) is 27.3 Å². The van der Waals surface area contributed by atoms with Crippen LogP contribution in [0.15, 0.2) is 24.3 Å². The van der Waals surface area contributed by atoms with Crippen molar-refractivity contribution in [1.29, 1.82) is 0 Å².